The monoisotopic (exact) mass is 369 g/mol. The zero-order valence-corrected chi connectivity index (χ0v) is 17.6. The molecule has 4 aliphatic carbocycles. The van der Waals surface area contributed by atoms with E-state index >= 15 is 0 Å². The van der Waals surface area contributed by atoms with E-state index in [2.05, 4.69) is 52.1 Å². The van der Waals surface area contributed by atoms with Crippen molar-refractivity contribution in [3.05, 3.63) is 23.8 Å². The predicted molar refractivity (Wildman–Crippen MR) is 108 cm³/mol. The molecule has 27 heavy (non-hydrogen) atoms. The van der Waals surface area contributed by atoms with E-state index in [1.807, 2.05) is 6.08 Å². The fraction of sp³-hybridized carbons (Fsp3) is 0.750. The molecule has 2 fully saturated rings. The van der Waals surface area contributed by atoms with Gasteiger partial charge < -0.3 is 5.32 Å². The van der Waals surface area contributed by atoms with Crippen molar-refractivity contribution in [2.24, 2.45) is 34.5 Å². The third-order valence-electron chi connectivity index (χ3n) is 8.26. The minimum atomic E-state index is -0.191. The Labute approximate surface area is 164 Å². The second-order valence-electron chi connectivity index (χ2n) is 11.0. The third kappa shape index (κ3) is 2.93. The van der Waals surface area contributed by atoms with E-state index in [4.69, 9.17) is 0 Å². The summed E-state index contributed by atoms with van der Waals surface area (Å²) in [6.45, 7) is 10.9. The second-order valence-corrected chi connectivity index (χ2v) is 11.0. The van der Waals surface area contributed by atoms with Crippen molar-refractivity contribution in [2.45, 2.75) is 78.7 Å². The number of nitrogens with one attached hydrogen (secondary N) is 1. The molecule has 4 aliphatic rings. The Balaban J connectivity index is 1.59. The maximum Gasteiger partial charge on any atom is 0.227 e. The van der Waals surface area contributed by atoms with Gasteiger partial charge in [-0.15, -0.1) is 0 Å². The van der Waals surface area contributed by atoms with Crippen LogP contribution in [0.15, 0.2) is 23.8 Å². The first-order valence-electron chi connectivity index (χ1n) is 10.8. The summed E-state index contributed by atoms with van der Waals surface area (Å²) < 4.78 is 0. The summed E-state index contributed by atoms with van der Waals surface area (Å²) in [5, 5.41) is 3.21. The molecule has 0 spiro atoms. The average molecular weight is 370 g/mol. The summed E-state index contributed by atoms with van der Waals surface area (Å²) >= 11 is 0. The van der Waals surface area contributed by atoms with Crippen molar-refractivity contribution in [1.29, 1.82) is 0 Å². The summed E-state index contributed by atoms with van der Waals surface area (Å²) in [4.78, 5) is 25.0. The first-order chi connectivity index (χ1) is 12.5. The average Bonchev–Trinajstić information content (AvgIpc) is 2.91. The van der Waals surface area contributed by atoms with E-state index in [1.54, 1.807) is 0 Å². The molecule has 1 N–H and O–H groups in total. The fourth-order valence-corrected chi connectivity index (χ4v) is 6.85. The van der Waals surface area contributed by atoms with Gasteiger partial charge >= 0.3 is 0 Å². The quantitative estimate of drug-likeness (QED) is 0.673. The number of hydrogen-bond donors (Lipinski definition) is 1. The van der Waals surface area contributed by atoms with Crippen LogP contribution in [-0.4, -0.2) is 17.2 Å². The van der Waals surface area contributed by atoms with Crippen LogP contribution >= 0.6 is 0 Å². The van der Waals surface area contributed by atoms with Crippen LogP contribution in [0.2, 0.25) is 0 Å². The lowest BCUT2D eigenvalue weighted by molar-refractivity contribution is -0.132. The molecule has 0 aromatic heterocycles. The largest absolute Gasteiger partial charge is 0.351 e. The minimum absolute atomic E-state index is 0.0136. The maximum absolute atomic E-state index is 13.0. The normalized spacial score (nSPS) is 43.4. The number of ketones is 1. The predicted octanol–water partition coefficient (Wildman–Crippen LogP) is 4.83. The molecule has 3 heteroatoms. The van der Waals surface area contributed by atoms with Crippen molar-refractivity contribution in [3.8, 4) is 0 Å². The molecule has 4 rings (SSSR count). The van der Waals surface area contributed by atoms with Crippen LogP contribution in [0.3, 0.4) is 0 Å². The summed E-state index contributed by atoms with van der Waals surface area (Å²) in [5.41, 5.74) is 1.45. The molecule has 0 aliphatic heterocycles. The molecular formula is C24H35NO2. The Morgan fingerprint density at radius 1 is 1.11 bits per heavy atom. The molecule has 2 saturated carbocycles. The number of fused-ring (bicyclic) bond motifs is 5. The van der Waals surface area contributed by atoms with Gasteiger partial charge in [0.2, 0.25) is 5.91 Å². The standard InChI is InChI=1S/C24H35NO2/c1-22(2,3)25-21(27)20-9-8-18-17-7-6-15-14-16(26)10-12-23(15,4)19(17)11-13-24(18,20)5/h8-9,14,17-20H,6-7,10-13H2,1-5H3,(H,25,27)/t17-,18-,19-,20+,23-,24-/m0/s1. The number of carbonyl (C=O) groups excluding carboxylic acids is 2. The topological polar surface area (TPSA) is 46.2 Å². The van der Waals surface area contributed by atoms with Gasteiger partial charge in [-0.2, -0.15) is 0 Å². The zero-order valence-electron chi connectivity index (χ0n) is 17.6. The fourth-order valence-electron chi connectivity index (χ4n) is 6.85. The highest BCUT2D eigenvalue weighted by Gasteiger charge is 2.58. The number of hydrogen-bond acceptors (Lipinski definition) is 2. The van der Waals surface area contributed by atoms with E-state index in [9.17, 15) is 9.59 Å². The number of rotatable bonds is 1. The van der Waals surface area contributed by atoms with Gasteiger partial charge in [-0.1, -0.05) is 31.6 Å². The highest BCUT2D eigenvalue weighted by Crippen LogP contribution is 2.64. The molecule has 0 aromatic carbocycles. The van der Waals surface area contributed by atoms with Crippen molar-refractivity contribution >= 4 is 11.7 Å². The van der Waals surface area contributed by atoms with Gasteiger partial charge in [0.05, 0.1) is 5.92 Å². The molecule has 0 bridgehead atoms. The van der Waals surface area contributed by atoms with Gasteiger partial charge in [0.1, 0.15) is 0 Å². The van der Waals surface area contributed by atoms with Gasteiger partial charge in [-0.3, -0.25) is 9.59 Å². The van der Waals surface area contributed by atoms with E-state index in [0.717, 1.165) is 25.7 Å². The van der Waals surface area contributed by atoms with Gasteiger partial charge in [-0.25, -0.2) is 0 Å². The van der Waals surface area contributed by atoms with Gasteiger partial charge in [0, 0.05) is 12.0 Å². The summed E-state index contributed by atoms with van der Waals surface area (Å²) in [6, 6.07) is 0. The molecule has 0 unspecified atom stereocenters. The van der Waals surface area contributed by atoms with Crippen molar-refractivity contribution < 1.29 is 9.59 Å². The molecule has 0 saturated heterocycles. The van der Waals surface area contributed by atoms with Crippen LogP contribution in [0, 0.1) is 34.5 Å². The SMILES string of the molecule is CC(C)(C)NC(=O)[C@H]1C=C[C@H]2[C@@H]3CCC4=CC(=O)CC[C@]4(C)[C@H]3CC[C@]12C. The van der Waals surface area contributed by atoms with Gasteiger partial charge in [-0.05, 0) is 87.5 Å². The van der Waals surface area contributed by atoms with Crippen LogP contribution in [0.5, 0.6) is 0 Å². The van der Waals surface area contributed by atoms with Crippen molar-refractivity contribution in [2.75, 3.05) is 0 Å². The Bertz CT molecular complexity index is 727. The van der Waals surface area contributed by atoms with Crippen LogP contribution in [0.25, 0.3) is 0 Å². The first-order valence-corrected chi connectivity index (χ1v) is 10.8. The Kier molecular flexibility index (Phi) is 4.25. The van der Waals surface area contributed by atoms with Crippen LogP contribution in [0.4, 0.5) is 0 Å². The van der Waals surface area contributed by atoms with Crippen LogP contribution in [0.1, 0.15) is 73.1 Å². The number of allylic oxidation sites excluding steroid dienone is 3. The molecule has 3 nitrogen and oxygen atoms in total. The molecule has 0 heterocycles. The third-order valence-corrected chi connectivity index (χ3v) is 8.26. The second kappa shape index (κ2) is 6.06. The van der Waals surface area contributed by atoms with Crippen molar-refractivity contribution in [3.63, 3.8) is 0 Å². The highest BCUT2D eigenvalue weighted by molar-refractivity contribution is 5.91. The number of carbonyl (C=O) groups is 2. The number of amides is 1. The summed E-state index contributed by atoms with van der Waals surface area (Å²) in [5.74, 6) is 2.28. The molecule has 0 aromatic rings. The van der Waals surface area contributed by atoms with Gasteiger partial charge in [0.15, 0.2) is 5.78 Å². The van der Waals surface area contributed by atoms with E-state index in [1.165, 1.54) is 12.0 Å². The van der Waals surface area contributed by atoms with Gasteiger partial charge in [0.25, 0.3) is 0 Å². The summed E-state index contributed by atoms with van der Waals surface area (Å²) in [7, 11) is 0. The van der Waals surface area contributed by atoms with Crippen LogP contribution in [-0.2, 0) is 9.59 Å². The molecule has 0 radical (unpaired) electrons. The smallest absolute Gasteiger partial charge is 0.227 e. The molecule has 6 atom stereocenters. The van der Waals surface area contributed by atoms with Crippen molar-refractivity contribution in [1.82, 2.24) is 5.32 Å². The molecule has 148 valence electrons. The zero-order chi connectivity index (χ0) is 19.6. The van der Waals surface area contributed by atoms with E-state index in [0.29, 0.717) is 30.0 Å². The van der Waals surface area contributed by atoms with Crippen LogP contribution < -0.4 is 5.32 Å². The first kappa shape index (κ1) is 19.0. The lowest BCUT2D eigenvalue weighted by Crippen LogP contribution is -2.53. The molecule has 1 amide bonds. The molecular weight excluding hydrogens is 334 g/mol. The Morgan fingerprint density at radius 2 is 1.85 bits per heavy atom. The van der Waals surface area contributed by atoms with E-state index < -0.39 is 0 Å². The maximum atomic E-state index is 13.0. The summed E-state index contributed by atoms with van der Waals surface area (Å²) in [6.07, 6.45) is 12.8. The van der Waals surface area contributed by atoms with E-state index in [-0.39, 0.29) is 28.2 Å². The minimum Gasteiger partial charge on any atom is -0.351 e. The Morgan fingerprint density at radius 3 is 2.56 bits per heavy atom. The lowest BCUT2D eigenvalue weighted by atomic mass is 9.46. The lowest BCUT2D eigenvalue weighted by Gasteiger charge is -2.57. The Hall–Kier alpha value is -1.38. The highest BCUT2D eigenvalue weighted by atomic mass is 16.2.